The van der Waals surface area contributed by atoms with E-state index in [1.165, 1.54) is 0 Å². The fourth-order valence-electron chi connectivity index (χ4n) is 2.48. The van der Waals surface area contributed by atoms with Crippen LogP contribution in [0.4, 0.5) is 0 Å². The van der Waals surface area contributed by atoms with E-state index in [2.05, 4.69) is 13.8 Å². The minimum atomic E-state index is -1.04. The molecule has 1 aliphatic rings. The highest BCUT2D eigenvalue weighted by atomic mass is 35.5. The highest BCUT2D eigenvalue weighted by Gasteiger charge is 2.28. The van der Waals surface area contributed by atoms with Crippen LogP contribution in [-0.2, 0) is 0 Å². The lowest BCUT2D eigenvalue weighted by molar-refractivity contribution is 0.0675. The Hall–Kier alpha value is -1.22. The SMILES string of the molecule is CC1(C)CCC(Oc2cccc(Cl)c2C(=O)O)CC1. The third-order valence-electron chi connectivity index (χ3n) is 3.77. The number of hydrogen-bond donors (Lipinski definition) is 1. The largest absolute Gasteiger partial charge is 0.489 e. The lowest BCUT2D eigenvalue weighted by Gasteiger charge is -2.34. The van der Waals surface area contributed by atoms with E-state index < -0.39 is 5.97 Å². The van der Waals surface area contributed by atoms with E-state index in [-0.39, 0.29) is 16.7 Å². The number of hydrogen-bond acceptors (Lipinski definition) is 2. The van der Waals surface area contributed by atoms with Crippen molar-refractivity contribution in [3.05, 3.63) is 28.8 Å². The van der Waals surface area contributed by atoms with E-state index in [1.54, 1.807) is 18.2 Å². The number of halogens is 1. The van der Waals surface area contributed by atoms with Gasteiger partial charge in [0.1, 0.15) is 11.3 Å². The fourth-order valence-corrected chi connectivity index (χ4v) is 2.73. The summed E-state index contributed by atoms with van der Waals surface area (Å²) in [4.78, 5) is 11.2. The average molecular weight is 283 g/mol. The van der Waals surface area contributed by atoms with Gasteiger partial charge in [-0.15, -0.1) is 0 Å². The van der Waals surface area contributed by atoms with Crippen molar-refractivity contribution < 1.29 is 14.6 Å². The smallest absolute Gasteiger partial charge is 0.341 e. The summed E-state index contributed by atoms with van der Waals surface area (Å²) in [6, 6.07) is 4.97. The summed E-state index contributed by atoms with van der Waals surface area (Å²) in [6.45, 7) is 4.51. The van der Waals surface area contributed by atoms with Crippen LogP contribution in [-0.4, -0.2) is 17.2 Å². The van der Waals surface area contributed by atoms with E-state index in [0.717, 1.165) is 25.7 Å². The zero-order valence-electron chi connectivity index (χ0n) is 11.3. The Morgan fingerprint density at radius 2 is 2.00 bits per heavy atom. The van der Waals surface area contributed by atoms with Gasteiger partial charge in [0.2, 0.25) is 0 Å². The highest BCUT2D eigenvalue weighted by Crippen LogP contribution is 2.37. The van der Waals surface area contributed by atoms with Crippen LogP contribution in [0.1, 0.15) is 49.9 Å². The monoisotopic (exact) mass is 282 g/mol. The first kappa shape index (κ1) is 14.2. The predicted octanol–water partition coefficient (Wildman–Crippen LogP) is 4.39. The predicted molar refractivity (Wildman–Crippen MR) is 75.1 cm³/mol. The van der Waals surface area contributed by atoms with Crippen molar-refractivity contribution in [2.75, 3.05) is 0 Å². The molecule has 1 aromatic rings. The summed E-state index contributed by atoms with van der Waals surface area (Å²) in [5.41, 5.74) is 0.429. The number of aromatic carboxylic acids is 1. The minimum absolute atomic E-state index is 0.0639. The summed E-state index contributed by atoms with van der Waals surface area (Å²) in [6.07, 6.45) is 4.20. The molecule has 104 valence electrons. The Morgan fingerprint density at radius 3 is 2.58 bits per heavy atom. The van der Waals surface area contributed by atoms with Crippen molar-refractivity contribution in [3.8, 4) is 5.75 Å². The standard InChI is InChI=1S/C15H19ClO3/c1-15(2)8-6-10(7-9-15)19-12-5-3-4-11(16)13(12)14(17)18/h3-5,10H,6-9H2,1-2H3,(H,17,18). The first-order valence-corrected chi connectivity index (χ1v) is 6.95. The van der Waals surface area contributed by atoms with Crippen LogP contribution in [0.2, 0.25) is 5.02 Å². The Kier molecular flexibility index (Phi) is 4.04. The Morgan fingerprint density at radius 1 is 1.37 bits per heavy atom. The van der Waals surface area contributed by atoms with Gasteiger partial charge in [-0.1, -0.05) is 31.5 Å². The van der Waals surface area contributed by atoms with Crippen molar-refractivity contribution in [1.29, 1.82) is 0 Å². The molecule has 0 amide bonds. The molecule has 1 N–H and O–H groups in total. The molecular formula is C15H19ClO3. The summed E-state index contributed by atoms with van der Waals surface area (Å²) in [5.74, 6) is -0.665. The summed E-state index contributed by atoms with van der Waals surface area (Å²) in [5, 5.41) is 9.42. The van der Waals surface area contributed by atoms with Gasteiger partial charge in [0.15, 0.2) is 0 Å². The Labute approximate surface area is 118 Å². The van der Waals surface area contributed by atoms with E-state index in [0.29, 0.717) is 11.2 Å². The lowest BCUT2D eigenvalue weighted by atomic mass is 9.76. The van der Waals surface area contributed by atoms with E-state index >= 15 is 0 Å². The minimum Gasteiger partial charge on any atom is -0.489 e. The van der Waals surface area contributed by atoms with E-state index in [4.69, 9.17) is 16.3 Å². The van der Waals surface area contributed by atoms with Crippen LogP contribution in [0.3, 0.4) is 0 Å². The van der Waals surface area contributed by atoms with Gasteiger partial charge < -0.3 is 9.84 Å². The molecule has 3 nitrogen and oxygen atoms in total. The van der Waals surface area contributed by atoms with Crippen LogP contribution in [0.5, 0.6) is 5.75 Å². The molecule has 0 saturated heterocycles. The molecule has 0 unspecified atom stereocenters. The third-order valence-corrected chi connectivity index (χ3v) is 4.08. The number of benzene rings is 1. The molecular weight excluding hydrogens is 264 g/mol. The average Bonchev–Trinajstić information content (AvgIpc) is 2.31. The molecule has 0 bridgehead atoms. The van der Waals surface area contributed by atoms with E-state index in [1.807, 2.05) is 0 Å². The van der Waals surface area contributed by atoms with Gasteiger partial charge in [-0.25, -0.2) is 4.79 Å². The maximum atomic E-state index is 11.2. The summed E-state index contributed by atoms with van der Waals surface area (Å²) in [7, 11) is 0. The van der Waals surface area contributed by atoms with Crippen molar-refractivity contribution in [2.24, 2.45) is 5.41 Å². The van der Waals surface area contributed by atoms with E-state index in [9.17, 15) is 9.90 Å². The molecule has 4 heteroatoms. The summed E-state index contributed by atoms with van der Waals surface area (Å²) < 4.78 is 5.86. The molecule has 19 heavy (non-hydrogen) atoms. The molecule has 2 rings (SSSR count). The first-order valence-electron chi connectivity index (χ1n) is 6.57. The molecule has 1 aromatic carbocycles. The quantitative estimate of drug-likeness (QED) is 0.894. The van der Waals surface area contributed by atoms with Crippen molar-refractivity contribution in [2.45, 2.75) is 45.6 Å². The second-order valence-electron chi connectivity index (χ2n) is 5.90. The topological polar surface area (TPSA) is 46.5 Å². The van der Waals surface area contributed by atoms with Crippen LogP contribution in [0.15, 0.2) is 18.2 Å². The lowest BCUT2D eigenvalue weighted by Crippen LogP contribution is -2.28. The van der Waals surface area contributed by atoms with Gasteiger partial charge in [0.25, 0.3) is 0 Å². The third kappa shape index (κ3) is 3.41. The maximum absolute atomic E-state index is 11.2. The zero-order chi connectivity index (χ0) is 14.0. The number of ether oxygens (including phenoxy) is 1. The molecule has 0 spiro atoms. The van der Waals surface area contributed by atoms with Crippen LogP contribution in [0, 0.1) is 5.41 Å². The zero-order valence-corrected chi connectivity index (χ0v) is 12.0. The Bertz CT molecular complexity index is 472. The van der Waals surface area contributed by atoms with Crippen LogP contribution < -0.4 is 4.74 Å². The molecule has 0 aromatic heterocycles. The number of carboxylic acids is 1. The van der Waals surface area contributed by atoms with Gasteiger partial charge in [-0.2, -0.15) is 0 Å². The second kappa shape index (κ2) is 5.41. The first-order chi connectivity index (χ1) is 8.89. The van der Waals surface area contributed by atoms with Gasteiger partial charge in [-0.3, -0.25) is 0 Å². The molecule has 1 saturated carbocycles. The van der Waals surface area contributed by atoms with Crippen molar-refractivity contribution in [3.63, 3.8) is 0 Å². The molecule has 0 aliphatic heterocycles. The Balaban J connectivity index is 2.12. The molecule has 0 heterocycles. The second-order valence-corrected chi connectivity index (χ2v) is 6.31. The summed E-state index contributed by atoms with van der Waals surface area (Å²) >= 11 is 5.93. The number of carboxylic acid groups (broad SMARTS) is 1. The normalized spacial score (nSPS) is 19.1. The number of rotatable bonds is 3. The fraction of sp³-hybridized carbons (Fsp3) is 0.533. The molecule has 0 radical (unpaired) electrons. The molecule has 1 fully saturated rings. The van der Waals surface area contributed by atoms with Gasteiger partial charge in [0, 0.05) is 0 Å². The molecule has 1 aliphatic carbocycles. The van der Waals surface area contributed by atoms with Gasteiger partial charge in [0.05, 0.1) is 11.1 Å². The maximum Gasteiger partial charge on any atom is 0.341 e. The van der Waals surface area contributed by atoms with Crippen molar-refractivity contribution >= 4 is 17.6 Å². The van der Waals surface area contributed by atoms with Gasteiger partial charge in [-0.05, 0) is 43.2 Å². The van der Waals surface area contributed by atoms with Crippen LogP contribution >= 0.6 is 11.6 Å². The van der Waals surface area contributed by atoms with Crippen molar-refractivity contribution in [1.82, 2.24) is 0 Å². The highest BCUT2D eigenvalue weighted by molar-refractivity contribution is 6.33. The molecule has 0 atom stereocenters. The van der Waals surface area contributed by atoms with Crippen LogP contribution in [0.25, 0.3) is 0 Å². The number of carbonyl (C=O) groups is 1. The van der Waals surface area contributed by atoms with Gasteiger partial charge >= 0.3 is 5.97 Å².